The van der Waals surface area contributed by atoms with Crippen LogP contribution in [0, 0.1) is 6.92 Å². The molecule has 0 N–H and O–H groups in total. The number of rotatable bonds is 1. The number of carbonyl (C=O) groups is 1. The molecule has 0 saturated heterocycles. The van der Waals surface area contributed by atoms with E-state index < -0.39 is 5.97 Å². The summed E-state index contributed by atoms with van der Waals surface area (Å²) in [5, 5.41) is 10.2. The maximum atomic E-state index is 10.2. The van der Waals surface area contributed by atoms with Crippen LogP contribution < -0.4 is 34.7 Å². The van der Waals surface area contributed by atoms with Crippen molar-refractivity contribution in [1.29, 1.82) is 0 Å². The van der Waals surface area contributed by atoms with Crippen molar-refractivity contribution in [2.45, 2.75) is 6.92 Å². The molecule has 11 heavy (non-hydrogen) atoms. The van der Waals surface area contributed by atoms with Crippen molar-refractivity contribution in [3.63, 3.8) is 0 Å². The molecule has 1 heterocycles. The molecule has 0 bridgehead atoms. The zero-order valence-electron chi connectivity index (χ0n) is 6.79. The quantitative estimate of drug-likeness (QED) is 0.396. The minimum Gasteiger partial charge on any atom is -0.543 e. The van der Waals surface area contributed by atoms with E-state index in [2.05, 4.69) is 4.98 Å². The molecule has 1 rings (SSSR count). The van der Waals surface area contributed by atoms with Gasteiger partial charge in [-0.1, -0.05) is 0 Å². The molecule has 1 aromatic rings. The number of aromatic nitrogens is 2. The van der Waals surface area contributed by atoms with Gasteiger partial charge in [-0.25, -0.2) is 4.98 Å². The number of hydrogen-bond acceptors (Lipinski definition) is 3. The van der Waals surface area contributed by atoms with Crippen LogP contribution in [0.5, 0.6) is 0 Å². The first-order valence-corrected chi connectivity index (χ1v) is 2.82. The fraction of sp³-hybridized carbons (Fsp3) is 0.333. The van der Waals surface area contributed by atoms with E-state index in [1.54, 1.807) is 18.5 Å². The second-order valence-corrected chi connectivity index (χ2v) is 2.07. The number of carbonyl (C=O) groups excluding carboxylic acids is 1. The summed E-state index contributed by atoms with van der Waals surface area (Å²) in [6, 6.07) is 0. The molecule has 4 nitrogen and oxygen atoms in total. The zero-order valence-corrected chi connectivity index (χ0v) is 8.79. The van der Waals surface area contributed by atoms with Gasteiger partial charge in [0.15, 0.2) is 0 Å². The van der Waals surface area contributed by atoms with Crippen LogP contribution in [-0.2, 0) is 7.05 Å². The molecule has 0 aromatic carbocycles. The van der Waals surface area contributed by atoms with Gasteiger partial charge in [0, 0.05) is 13.2 Å². The van der Waals surface area contributed by atoms with Crippen molar-refractivity contribution >= 4 is 5.97 Å². The Balaban J connectivity index is 0.000001000. The molecule has 0 spiro atoms. The van der Waals surface area contributed by atoms with E-state index in [4.69, 9.17) is 0 Å². The number of aryl methyl sites for hydroxylation is 2. The summed E-state index contributed by atoms with van der Waals surface area (Å²) >= 11 is 0. The van der Waals surface area contributed by atoms with Gasteiger partial charge in [-0.05, 0) is 6.92 Å². The number of hydrogen-bond donors (Lipinski definition) is 0. The third-order valence-corrected chi connectivity index (χ3v) is 1.32. The molecule has 0 atom stereocenters. The Kier molecular flexibility index (Phi) is 3.78. The maximum Gasteiger partial charge on any atom is 1.00 e. The van der Waals surface area contributed by atoms with Gasteiger partial charge in [-0.2, -0.15) is 0 Å². The molecule has 0 fully saturated rings. The first kappa shape index (κ1) is 10.7. The fourth-order valence-electron chi connectivity index (χ4n) is 0.657. The Labute approximate surface area is 86.5 Å². The summed E-state index contributed by atoms with van der Waals surface area (Å²) in [6.45, 7) is 1.73. The van der Waals surface area contributed by atoms with Crippen LogP contribution in [0.1, 0.15) is 16.3 Å². The number of carboxylic acids is 1. The maximum absolute atomic E-state index is 10.2. The van der Waals surface area contributed by atoms with Crippen molar-refractivity contribution < 1.29 is 39.5 Å². The summed E-state index contributed by atoms with van der Waals surface area (Å²) in [4.78, 5) is 13.9. The van der Waals surface area contributed by atoms with E-state index in [0.29, 0.717) is 5.82 Å². The van der Waals surface area contributed by atoms with Gasteiger partial charge in [0.1, 0.15) is 11.5 Å². The van der Waals surface area contributed by atoms with Crippen molar-refractivity contribution in [2.24, 2.45) is 7.05 Å². The molecule has 54 valence electrons. The molecule has 0 aliphatic rings. The van der Waals surface area contributed by atoms with Crippen LogP contribution in [0.3, 0.4) is 0 Å². The Hall–Kier alpha value is -0.320. The average Bonchev–Trinajstić information content (AvgIpc) is 2.13. The van der Waals surface area contributed by atoms with Crippen LogP contribution in [0.15, 0.2) is 6.20 Å². The first-order valence-electron chi connectivity index (χ1n) is 2.82. The van der Waals surface area contributed by atoms with E-state index in [0.717, 1.165) is 0 Å². The van der Waals surface area contributed by atoms with E-state index >= 15 is 0 Å². The van der Waals surface area contributed by atoms with Gasteiger partial charge in [0.05, 0.1) is 5.97 Å². The predicted octanol–water partition coefficient (Wildman–Crippen LogP) is -3.90. The molecule has 0 aliphatic heterocycles. The second kappa shape index (κ2) is 3.90. The molecule has 5 heteroatoms. The normalized spacial score (nSPS) is 8.91. The summed E-state index contributed by atoms with van der Waals surface area (Å²) < 4.78 is 1.63. The van der Waals surface area contributed by atoms with Gasteiger partial charge in [0.25, 0.3) is 0 Å². The van der Waals surface area contributed by atoms with Crippen molar-refractivity contribution in [3.8, 4) is 0 Å². The van der Waals surface area contributed by atoms with Gasteiger partial charge in [0.2, 0.25) is 0 Å². The third-order valence-electron chi connectivity index (χ3n) is 1.32. The Morgan fingerprint density at radius 1 is 1.73 bits per heavy atom. The topological polar surface area (TPSA) is 57.9 Å². The number of carboxylic acid groups (broad SMARTS) is 1. The van der Waals surface area contributed by atoms with E-state index in [1.807, 2.05) is 0 Å². The van der Waals surface area contributed by atoms with Crippen molar-refractivity contribution in [3.05, 3.63) is 17.7 Å². The van der Waals surface area contributed by atoms with Gasteiger partial charge < -0.3 is 14.5 Å². The fourth-order valence-corrected chi connectivity index (χ4v) is 0.657. The molecule has 0 aliphatic carbocycles. The van der Waals surface area contributed by atoms with Crippen molar-refractivity contribution in [1.82, 2.24) is 9.55 Å². The van der Waals surface area contributed by atoms with Crippen LogP contribution >= 0.6 is 0 Å². The van der Waals surface area contributed by atoms with Crippen LogP contribution in [0.4, 0.5) is 0 Å². The molecular weight excluding hydrogens is 155 g/mol. The van der Waals surface area contributed by atoms with Crippen LogP contribution in [0.25, 0.3) is 0 Å². The van der Waals surface area contributed by atoms with E-state index in [1.165, 1.54) is 6.20 Å². The van der Waals surface area contributed by atoms with Gasteiger partial charge in [-0.3, -0.25) is 0 Å². The smallest absolute Gasteiger partial charge is 0.543 e. The monoisotopic (exact) mass is 162 g/mol. The number of aromatic carboxylic acids is 1. The van der Waals surface area contributed by atoms with E-state index in [-0.39, 0.29) is 35.3 Å². The first-order chi connectivity index (χ1) is 4.61. The van der Waals surface area contributed by atoms with Gasteiger partial charge >= 0.3 is 29.6 Å². The van der Waals surface area contributed by atoms with E-state index in [9.17, 15) is 9.90 Å². The predicted molar refractivity (Wildman–Crippen MR) is 32.3 cm³/mol. The minimum atomic E-state index is -1.23. The standard InChI is InChI=1S/C6H8N2O2.Na/c1-4-7-5(6(9)10)3-8(4)2;/h3H,1-2H3,(H,9,10);/q;+1/p-1. The SMILES string of the molecule is Cc1nc(C(=O)[O-])cn1C.[Na+]. The van der Waals surface area contributed by atoms with Crippen LogP contribution in [-0.4, -0.2) is 15.5 Å². The second-order valence-electron chi connectivity index (χ2n) is 2.07. The number of imidazole rings is 1. The molecule has 1 aromatic heterocycles. The van der Waals surface area contributed by atoms with Crippen LogP contribution in [0.2, 0.25) is 0 Å². The number of nitrogens with zero attached hydrogens (tertiary/aromatic N) is 2. The molecule has 0 amide bonds. The van der Waals surface area contributed by atoms with Crippen molar-refractivity contribution in [2.75, 3.05) is 0 Å². The summed E-state index contributed by atoms with van der Waals surface area (Å²) in [5.41, 5.74) is -0.0139. The summed E-state index contributed by atoms with van der Waals surface area (Å²) in [7, 11) is 1.73. The Morgan fingerprint density at radius 2 is 2.27 bits per heavy atom. The Morgan fingerprint density at radius 3 is 2.45 bits per heavy atom. The molecule has 0 saturated carbocycles. The minimum absolute atomic E-state index is 0. The largest absolute Gasteiger partial charge is 1.00 e. The zero-order chi connectivity index (χ0) is 7.72. The summed E-state index contributed by atoms with van der Waals surface area (Å²) in [5.74, 6) is -0.567. The third kappa shape index (κ3) is 2.32. The molecule has 0 radical (unpaired) electrons. The molecule has 0 unspecified atom stereocenters. The molecular formula is C6H7N2NaO2. The Bertz CT molecular complexity index is 250. The van der Waals surface area contributed by atoms with Gasteiger partial charge in [-0.15, -0.1) is 0 Å². The summed E-state index contributed by atoms with van der Waals surface area (Å²) in [6.07, 6.45) is 1.42. The average molecular weight is 162 g/mol.